The average molecular weight is 394 g/mol. The van der Waals surface area contributed by atoms with Crippen LogP contribution in [0.2, 0.25) is 0 Å². The first-order chi connectivity index (χ1) is 12.9. The van der Waals surface area contributed by atoms with Crippen LogP contribution in [0.3, 0.4) is 0 Å². The number of likely N-dealkylation sites (N-methyl/N-ethyl adjacent to an activating group) is 1. The summed E-state index contributed by atoms with van der Waals surface area (Å²) in [5, 5.41) is 0. The molecule has 148 valence electrons. The Bertz CT molecular complexity index is 888. The quantitative estimate of drug-likeness (QED) is 0.664. The first-order valence-corrected chi connectivity index (χ1v) is 10.6. The Morgan fingerprint density at radius 1 is 1.30 bits per heavy atom. The summed E-state index contributed by atoms with van der Waals surface area (Å²) in [4.78, 5) is 16.1. The summed E-state index contributed by atoms with van der Waals surface area (Å²) in [6, 6.07) is 7.77. The molecule has 0 saturated carbocycles. The van der Waals surface area contributed by atoms with Gasteiger partial charge in [-0.25, -0.2) is 4.98 Å². The lowest BCUT2D eigenvalue weighted by atomic mass is 9.98. The smallest absolute Gasteiger partial charge is 0.309 e. The maximum Gasteiger partial charge on any atom is 0.309 e. The minimum Gasteiger partial charge on any atom is -0.466 e. The van der Waals surface area contributed by atoms with Crippen molar-refractivity contribution in [1.82, 2.24) is 18.2 Å². The Kier molecular flexibility index (Phi) is 6.13. The molecule has 0 radical (unpaired) electrons. The highest BCUT2D eigenvalue weighted by atomic mass is 32.2. The van der Waals surface area contributed by atoms with Crippen LogP contribution in [0, 0.1) is 5.92 Å². The van der Waals surface area contributed by atoms with Gasteiger partial charge in [-0.15, -0.1) is 0 Å². The Labute approximate surface area is 159 Å². The lowest BCUT2D eigenvalue weighted by Crippen LogP contribution is -2.47. The molecular formula is C18H26N4O4S. The van der Waals surface area contributed by atoms with Crippen molar-refractivity contribution in [2.75, 3.05) is 33.3 Å². The Morgan fingerprint density at radius 2 is 2.00 bits per heavy atom. The third kappa shape index (κ3) is 4.31. The van der Waals surface area contributed by atoms with E-state index in [0.29, 0.717) is 45.6 Å². The number of piperidine rings is 1. The first-order valence-electron chi connectivity index (χ1n) is 9.21. The lowest BCUT2D eigenvalue weighted by Gasteiger charge is -2.32. The molecule has 2 aromatic rings. The van der Waals surface area contributed by atoms with Crippen molar-refractivity contribution in [3.8, 4) is 0 Å². The van der Waals surface area contributed by atoms with Crippen LogP contribution < -0.4 is 0 Å². The Hall–Kier alpha value is -1.97. The van der Waals surface area contributed by atoms with Gasteiger partial charge in [0.2, 0.25) is 0 Å². The molecule has 0 bridgehead atoms. The van der Waals surface area contributed by atoms with E-state index >= 15 is 0 Å². The third-order valence-electron chi connectivity index (χ3n) is 4.98. The van der Waals surface area contributed by atoms with Crippen molar-refractivity contribution in [3.63, 3.8) is 0 Å². The second-order valence-corrected chi connectivity index (χ2v) is 8.72. The maximum atomic E-state index is 12.8. The molecule has 0 N–H and O–H groups in total. The molecule has 1 aliphatic heterocycles. The number of para-hydroxylation sites is 2. The van der Waals surface area contributed by atoms with E-state index in [1.54, 1.807) is 20.3 Å². The van der Waals surface area contributed by atoms with Gasteiger partial charge in [0.25, 0.3) is 10.2 Å². The number of hydrogen-bond acceptors (Lipinski definition) is 5. The zero-order chi connectivity index (χ0) is 19.4. The van der Waals surface area contributed by atoms with Crippen molar-refractivity contribution in [2.24, 2.45) is 5.92 Å². The van der Waals surface area contributed by atoms with Gasteiger partial charge < -0.3 is 9.30 Å². The highest BCUT2D eigenvalue weighted by Crippen LogP contribution is 2.22. The molecule has 0 spiro atoms. The van der Waals surface area contributed by atoms with Crippen LogP contribution in [-0.2, 0) is 26.3 Å². The van der Waals surface area contributed by atoms with Gasteiger partial charge in [-0.3, -0.25) is 4.79 Å². The summed E-state index contributed by atoms with van der Waals surface area (Å²) in [7, 11) is -1.96. The van der Waals surface area contributed by atoms with Crippen molar-refractivity contribution in [2.45, 2.75) is 26.3 Å². The van der Waals surface area contributed by atoms with Crippen molar-refractivity contribution >= 4 is 27.2 Å². The number of carbonyl (C=O) groups excluding carboxylic acids is 1. The molecule has 0 aliphatic carbocycles. The largest absolute Gasteiger partial charge is 0.466 e. The molecule has 1 saturated heterocycles. The van der Waals surface area contributed by atoms with E-state index in [1.807, 2.05) is 28.8 Å². The van der Waals surface area contributed by atoms with E-state index in [4.69, 9.17) is 4.74 Å². The van der Waals surface area contributed by atoms with Gasteiger partial charge in [-0.1, -0.05) is 12.1 Å². The monoisotopic (exact) mass is 394 g/mol. The minimum atomic E-state index is -3.55. The molecule has 0 unspecified atom stereocenters. The summed E-state index contributed by atoms with van der Waals surface area (Å²) >= 11 is 0. The van der Waals surface area contributed by atoms with Crippen LogP contribution in [0.4, 0.5) is 0 Å². The van der Waals surface area contributed by atoms with Crippen LogP contribution >= 0.6 is 0 Å². The molecule has 1 aliphatic rings. The van der Waals surface area contributed by atoms with Crippen LogP contribution in [0.1, 0.15) is 19.8 Å². The number of fused-ring (bicyclic) bond motifs is 1. The molecule has 2 heterocycles. The molecule has 27 heavy (non-hydrogen) atoms. The van der Waals surface area contributed by atoms with E-state index in [-0.39, 0.29) is 11.9 Å². The molecule has 1 aromatic carbocycles. The van der Waals surface area contributed by atoms with Gasteiger partial charge in [0.15, 0.2) is 0 Å². The minimum absolute atomic E-state index is 0.209. The van der Waals surface area contributed by atoms with Gasteiger partial charge in [0.1, 0.15) is 0 Å². The fraction of sp³-hybridized carbons (Fsp3) is 0.556. The summed E-state index contributed by atoms with van der Waals surface area (Å²) in [5.41, 5.74) is 1.88. The number of hydrogen-bond donors (Lipinski definition) is 0. The van der Waals surface area contributed by atoms with E-state index in [9.17, 15) is 13.2 Å². The maximum absolute atomic E-state index is 12.8. The van der Waals surface area contributed by atoms with Crippen LogP contribution in [-0.4, -0.2) is 65.8 Å². The second kappa shape index (κ2) is 8.37. The Balaban J connectivity index is 1.57. The molecule has 3 rings (SSSR count). The molecule has 8 nitrogen and oxygen atoms in total. The fourth-order valence-electron chi connectivity index (χ4n) is 3.33. The highest BCUT2D eigenvalue weighted by Gasteiger charge is 2.33. The summed E-state index contributed by atoms with van der Waals surface area (Å²) < 4.78 is 35.5. The number of aromatic nitrogens is 2. The van der Waals surface area contributed by atoms with E-state index in [2.05, 4.69) is 4.98 Å². The molecule has 0 atom stereocenters. The normalized spacial score (nSPS) is 16.9. The predicted octanol–water partition coefficient (Wildman–Crippen LogP) is 1.49. The number of ether oxygens (including phenoxy) is 1. The lowest BCUT2D eigenvalue weighted by molar-refractivity contribution is -0.149. The van der Waals surface area contributed by atoms with E-state index in [0.717, 1.165) is 11.0 Å². The topological polar surface area (TPSA) is 84.7 Å². The molecule has 1 aromatic heterocycles. The van der Waals surface area contributed by atoms with Crippen molar-refractivity contribution in [3.05, 3.63) is 30.6 Å². The van der Waals surface area contributed by atoms with Gasteiger partial charge in [-0.05, 0) is 31.9 Å². The van der Waals surface area contributed by atoms with E-state index < -0.39 is 10.2 Å². The number of imidazole rings is 1. The van der Waals surface area contributed by atoms with Crippen LogP contribution in [0.15, 0.2) is 30.6 Å². The Morgan fingerprint density at radius 3 is 2.70 bits per heavy atom. The van der Waals surface area contributed by atoms with Gasteiger partial charge in [-0.2, -0.15) is 17.0 Å². The second-order valence-electron chi connectivity index (χ2n) is 6.68. The zero-order valence-electron chi connectivity index (χ0n) is 15.7. The van der Waals surface area contributed by atoms with Crippen LogP contribution in [0.5, 0.6) is 0 Å². The molecule has 9 heteroatoms. The van der Waals surface area contributed by atoms with Gasteiger partial charge >= 0.3 is 5.97 Å². The first kappa shape index (κ1) is 19.8. The fourth-order valence-corrected chi connectivity index (χ4v) is 4.71. The summed E-state index contributed by atoms with van der Waals surface area (Å²) in [6.07, 6.45) is 2.73. The number of carbonyl (C=O) groups is 1. The average Bonchev–Trinajstić information content (AvgIpc) is 3.09. The van der Waals surface area contributed by atoms with Crippen LogP contribution in [0.25, 0.3) is 11.0 Å². The third-order valence-corrected chi connectivity index (χ3v) is 6.97. The number of nitrogens with zero attached hydrogens (tertiary/aromatic N) is 4. The zero-order valence-corrected chi connectivity index (χ0v) is 16.6. The van der Waals surface area contributed by atoms with Gasteiger partial charge in [0.05, 0.1) is 29.9 Å². The predicted molar refractivity (Wildman–Crippen MR) is 102 cm³/mol. The molecular weight excluding hydrogens is 368 g/mol. The van der Waals surface area contributed by atoms with E-state index in [1.165, 1.54) is 8.61 Å². The standard InChI is InChI=1S/C18H26N4O4S/c1-3-26-18(23)15-8-10-22(11-9-15)27(24,25)20(2)12-13-21-14-19-16-6-4-5-7-17(16)21/h4-7,14-15H,3,8-13H2,1-2H3. The number of esters is 1. The summed E-state index contributed by atoms with van der Waals surface area (Å²) in [6.45, 7) is 3.67. The SMILES string of the molecule is CCOC(=O)C1CCN(S(=O)(=O)N(C)CCn2cnc3ccccc32)CC1. The summed E-state index contributed by atoms with van der Waals surface area (Å²) in [5.74, 6) is -0.436. The molecule has 1 fully saturated rings. The molecule has 0 amide bonds. The number of rotatable bonds is 7. The van der Waals surface area contributed by atoms with Crippen molar-refractivity contribution < 1.29 is 17.9 Å². The van der Waals surface area contributed by atoms with Crippen molar-refractivity contribution in [1.29, 1.82) is 0 Å². The number of benzene rings is 1. The van der Waals surface area contributed by atoms with Gasteiger partial charge in [0, 0.05) is 33.2 Å². The highest BCUT2D eigenvalue weighted by molar-refractivity contribution is 7.86.